The van der Waals surface area contributed by atoms with E-state index in [4.69, 9.17) is 10.5 Å². The van der Waals surface area contributed by atoms with Gasteiger partial charge in [-0.25, -0.2) is 0 Å². The first kappa shape index (κ1) is 11.7. The Morgan fingerprint density at radius 2 is 2.16 bits per heavy atom. The van der Waals surface area contributed by atoms with Gasteiger partial charge >= 0.3 is 0 Å². The molecular formula is C12H17N5OS. The van der Waals surface area contributed by atoms with Gasteiger partial charge in [0, 0.05) is 12.5 Å². The number of rotatable bonds is 2. The molecule has 2 aromatic rings. The number of hydrogen-bond acceptors (Lipinski definition) is 6. The van der Waals surface area contributed by atoms with Crippen LogP contribution in [0.2, 0.25) is 0 Å². The van der Waals surface area contributed by atoms with Crippen molar-refractivity contribution < 1.29 is 4.74 Å². The first-order valence-electron chi connectivity index (χ1n) is 6.85. The lowest BCUT2D eigenvalue weighted by Crippen LogP contribution is -2.37. The fourth-order valence-electron chi connectivity index (χ4n) is 3.02. The highest BCUT2D eigenvalue weighted by Crippen LogP contribution is 2.35. The maximum atomic E-state index is 6.37. The summed E-state index contributed by atoms with van der Waals surface area (Å²) in [6.07, 6.45) is 5.79. The number of fused-ring (bicyclic) bond motifs is 1. The summed E-state index contributed by atoms with van der Waals surface area (Å²) in [7, 11) is 0. The highest BCUT2D eigenvalue weighted by molar-refractivity contribution is 7.16. The molecule has 0 spiro atoms. The predicted octanol–water partition coefficient (Wildman–Crippen LogP) is 1.42. The van der Waals surface area contributed by atoms with Gasteiger partial charge < -0.3 is 10.5 Å². The Bertz CT molecular complexity index is 594. The predicted molar refractivity (Wildman–Crippen MR) is 71.2 cm³/mol. The molecule has 2 aliphatic rings. The van der Waals surface area contributed by atoms with Gasteiger partial charge in [-0.2, -0.15) is 9.61 Å². The molecule has 1 saturated heterocycles. The van der Waals surface area contributed by atoms with E-state index in [1.165, 1.54) is 25.7 Å². The van der Waals surface area contributed by atoms with E-state index in [1.54, 1.807) is 11.3 Å². The molecule has 0 bridgehead atoms. The SMILES string of the molecule is NC1(c2nn3c(C4CCCC4)nnc3s2)CCOC1. The van der Waals surface area contributed by atoms with E-state index in [0.29, 0.717) is 19.1 Å². The van der Waals surface area contributed by atoms with Gasteiger partial charge in [-0.15, -0.1) is 10.2 Å². The molecule has 6 nitrogen and oxygen atoms in total. The molecule has 3 heterocycles. The van der Waals surface area contributed by atoms with Crippen molar-refractivity contribution in [2.75, 3.05) is 13.2 Å². The summed E-state index contributed by atoms with van der Waals surface area (Å²) in [6, 6.07) is 0. The van der Waals surface area contributed by atoms with E-state index in [1.807, 2.05) is 4.52 Å². The summed E-state index contributed by atoms with van der Waals surface area (Å²) in [5.41, 5.74) is 5.94. The Kier molecular flexibility index (Phi) is 2.61. The second-order valence-corrected chi connectivity index (χ2v) is 6.56. The van der Waals surface area contributed by atoms with Crippen LogP contribution in [0, 0.1) is 0 Å². The number of hydrogen-bond donors (Lipinski definition) is 1. The molecule has 0 amide bonds. The highest BCUT2D eigenvalue weighted by atomic mass is 32.1. The van der Waals surface area contributed by atoms with E-state index < -0.39 is 5.54 Å². The fourth-order valence-corrected chi connectivity index (χ4v) is 3.98. The molecule has 19 heavy (non-hydrogen) atoms. The van der Waals surface area contributed by atoms with Gasteiger partial charge in [-0.1, -0.05) is 24.2 Å². The maximum absolute atomic E-state index is 6.37. The molecule has 1 saturated carbocycles. The monoisotopic (exact) mass is 279 g/mol. The molecule has 0 aromatic carbocycles. The van der Waals surface area contributed by atoms with Gasteiger partial charge in [0.15, 0.2) is 5.82 Å². The lowest BCUT2D eigenvalue weighted by molar-refractivity contribution is 0.178. The second-order valence-electron chi connectivity index (χ2n) is 5.60. The molecule has 1 aliphatic heterocycles. The molecule has 2 aromatic heterocycles. The Labute approximate surface area is 115 Å². The lowest BCUT2D eigenvalue weighted by Gasteiger charge is -2.17. The van der Waals surface area contributed by atoms with E-state index in [0.717, 1.165) is 22.2 Å². The molecule has 1 aliphatic carbocycles. The molecule has 4 rings (SSSR count). The Morgan fingerprint density at radius 1 is 1.32 bits per heavy atom. The number of aromatic nitrogens is 4. The number of ether oxygens (including phenoxy) is 1. The first-order chi connectivity index (χ1) is 9.26. The first-order valence-corrected chi connectivity index (χ1v) is 7.67. The minimum Gasteiger partial charge on any atom is -0.379 e. The van der Waals surface area contributed by atoms with Gasteiger partial charge in [0.2, 0.25) is 4.96 Å². The maximum Gasteiger partial charge on any atom is 0.234 e. The average molecular weight is 279 g/mol. The molecule has 7 heteroatoms. The van der Waals surface area contributed by atoms with Crippen LogP contribution in [-0.2, 0) is 10.3 Å². The van der Waals surface area contributed by atoms with E-state index in [-0.39, 0.29) is 0 Å². The molecule has 1 unspecified atom stereocenters. The molecule has 2 N–H and O–H groups in total. The minimum atomic E-state index is -0.432. The second kappa shape index (κ2) is 4.22. The van der Waals surface area contributed by atoms with Crippen molar-refractivity contribution in [3.63, 3.8) is 0 Å². The van der Waals surface area contributed by atoms with Crippen LogP contribution >= 0.6 is 11.3 Å². The van der Waals surface area contributed by atoms with Crippen molar-refractivity contribution in [2.45, 2.75) is 43.6 Å². The van der Waals surface area contributed by atoms with Crippen LogP contribution in [0.25, 0.3) is 4.96 Å². The molecule has 0 radical (unpaired) electrons. The minimum absolute atomic E-state index is 0.432. The van der Waals surface area contributed by atoms with Crippen LogP contribution < -0.4 is 5.73 Å². The summed E-state index contributed by atoms with van der Waals surface area (Å²) in [4.78, 5) is 0.855. The van der Waals surface area contributed by atoms with Crippen molar-refractivity contribution in [3.05, 3.63) is 10.8 Å². The standard InChI is InChI=1S/C12H17N5OS/c13-12(5-6-18-7-12)10-16-17-9(8-3-1-2-4-8)14-15-11(17)19-10/h8H,1-7,13H2. The summed E-state index contributed by atoms with van der Waals surface area (Å²) in [5, 5.41) is 14.2. The Morgan fingerprint density at radius 3 is 2.89 bits per heavy atom. The van der Waals surface area contributed by atoms with Crippen molar-refractivity contribution >= 4 is 16.3 Å². The van der Waals surface area contributed by atoms with Crippen LogP contribution in [0.3, 0.4) is 0 Å². The zero-order valence-electron chi connectivity index (χ0n) is 10.7. The molecule has 102 valence electrons. The molecule has 1 atom stereocenters. The van der Waals surface area contributed by atoms with E-state index in [9.17, 15) is 0 Å². The van der Waals surface area contributed by atoms with Gasteiger partial charge in [-0.05, 0) is 19.3 Å². The summed E-state index contributed by atoms with van der Waals surface area (Å²) in [5.74, 6) is 1.52. The highest BCUT2D eigenvalue weighted by Gasteiger charge is 2.37. The molecular weight excluding hydrogens is 262 g/mol. The zero-order valence-corrected chi connectivity index (χ0v) is 11.5. The average Bonchev–Trinajstić information content (AvgIpc) is 3.12. The van der Waals surface area contributed by atoms with Crippen molar-refractivity contribution in [1.82, 2.24) is 19.8 Å². The van der Waals surface area contributed by atoms with Gasteiger partial charge in [-0.3, -0.25) is 0 Å². The van der Waals surface area contributed by atoms with E-state index >= 15 is 0 Å². The molecule has 2 fully saturated rings. The Balaban J connectivity index is 1.75. The van der Waals surface area contributed by atoms with Gasteiger partial charge in [0.1, 0.15) is 5.01 Å². The van der Waals surface area contributed by atoms with Crippen molar-refractivity contribution in [2.24, 2.45) is 5.73 Å². The zero-order chi connectivity index (χ0) is 12.9. The van der Waals surface area contributed by atoms with Crippen LogP contribution in [0.15, 0.2) is 0 Å². The smallest absolute Gasteiger partial charge is 0.234 e. The van der Waals surface area contributed by atoms with Crippen molar-refractivity contribution in [1.29, 1.82) is 0 Å². The summed E-state index contributed by atoms with van der Waals surface area (Å²) < 4.78 is 7.32. The van der Waals surface area contributed by atoms with Gasteiger partial charge in [0.25, 0.3) is 0 Å². The topological polar surface area (TPSA) is 78.3 Å². The quantitative estimate of drug-likeness (QED) is 0.899. The normalized spacial score (nSPS) is 28.7. The van der Waals surface area contributed by atoms with Crippen LogP contribution in [0.5, 0.6) is 0 Å². The van der Waals surface area contributed by atoms with Crippen LogP contribution in [-0.4, -0.2) is 33.0 Å². The largest absolute Gasteiger partial charge is 0.379 e. The summed E-state index contributed by atoms with van der Waals surface area (Å²) >= 11 is 1.55. The van der Waals surface area contributed by atoms with E-state index in [2.05, 4.69) is 15.3 Å². The third-order valence-corrected chi connectivity index (χ3v) is 5.33. The summed E-state index contributed by atoms with van der Waals surface area (Å²) in [6.45, 7) is 1.27. The number of nitrogens with two attached hydrogens (primary N) is 1. The third-order valence-electron chi connectivity index (χ3n) is 4.21. The third kappa shape index (κ3) is 1.79. The van der Waals surface area contributed by atoms with Crippen LogP contribution in [0.4, 0.5) is 0 Å². The lowest BCUT2D eigenvalue weighted by atomic mass is 10.0. The van der Waals surface area contributed by atoms with Crippen molar-refractivity contribution in [3.8, 4) is 0 Å². The van der Waals surface area contributed by atoms with Gasteiger partial charge in [0.05, 0.1) is 12.1 Å². The Hall–Kier alpha value is -1.05. The van der Waals surface area contributed by atoms with Crippen LogP contribution in [0.1, 0.15) is 48.9 Å². The fraction of sp³-hybridized carbons (Fsp3) is 0.750. The number of nitrogens with zero attached hydrogens (tertiary/aromatic N) is 4.